The summed E-state index contributed by atoms with van der Waals surface area (Å²) in [4.78, 5) is 0. The Morgan fingerprint density at radius 3 is 2.35 bits per heavy atom. The maximum absolute atomic E-state index is 13.8. The number of hydrogen-bond donors (Lipinski definition) is 0. The molecule has 0 radical (unpaired) electrons. The Morgan fingerprint density at radius 2 is 1.82 bits per heavy atom. The first-order chi connectivity index (χ1) is 8.11. The predicted octanol–water partition coefficient (Wildman–Crippen LogP) is 5.30. The van der Waals surface area contributed by atoms with Crippen molar-refractivity contribution in [3.63, 3.8) is 0 Å². The molecule has 0 amide bonds. The first kappa shape index (κ1) is 12.8. The van der Waals surface area contributed by atoms with Gasteiger partial charge < -0.3 is 0 Å². The van der Waals surface area contributed by atoms with E-state index in [1.807, 2.05) is 0 Å². The second-order valence-corrected chi connectivity index (χ2v) is 5.32. The Labute approximate surface area is 106 Å². The Morgan fingerprint density at radius 1 is 1.18 bits per heavy atom. The molecule has 0 aliphatic heterocycles. The number of hydrogen-bond acceptors (Lipinski definition) is 0. The molecule has 1 aromatic carbocycles. The van der Waals surface area contributed by atoms with Crippen LogP contribution >= 0.6 is 11.6 Å². The highest BCUT2D eigenvalue weighted by Crippen LogP contribution is 2.40. The molecule has 1 fully saturated rings. The molecule has 0 unspecified atom stereocenters. The summed E-state index contributed by atoms with van der Waals surface area (Å²) in [6.45, 7) is 2.19. The van der Waals surface area contributed by atoms with Crippen molar-refractivity contribution in [1.82, 2.24) is 0 Å². The van der Waals surface area contributed by atoms with Crippen LogP contribution < -0.4 is 0 Å². The van der Waals surface area contributed by atoms with Crippen LogP contribution in [-0.2, 0) is 0 Å². The summed E-state index contributed by atoms with van der Waals surface area (Å²) in [5.41, 5.74) is 0.516. The minimum atomic E-state index is -0.599. The lowest BCUT2D eigenvalue weighted by Crippen LogP contribution is -2.14. The third kappa shape index (κ3) is 2.79. The summed E-state index contributed by atoms with van der Waals surface area (Å²) in [7, 11) is 0. The monoisotopic (exact) mass is 258 g/mol. The van der Waals surface area contributed by atoms with Gasteiger partial charge in [0.25, 0.3) is 0 Å². The van der Waals surface area contributed by atoms with E-state index in [4.69, 9.17) is 11.6 Å². The fourth-order valence-electron chi connectivity index (χ4n) is 2.80. The summed E-state index contributed by atoms with van der Waals surface area (Å²) >= 11 is 5.96. The van der Waals surface area contributed by atoms with Gasteiger partial charge in [-0.3, -0.25) is 0 Å². The van der Waals surface area contributed by atoms with Crippen molar-refractivity contribution in [1.29, 1.82) is 0 Å². The summed E-state index contributed by atoms with van der Waals surface area (Å²) in [5.74, 6) is -0.173. The van der Waals surface area contributed by atoms with Gasteiger partial charge in [-0.05, 0) is 43.6 Å². The smallest absolute Gasteiger partial charge is 0.131 e. The molecule has 3 heteroatoms. The fraction of sp³-hybridized carbons (Fsp3) is 0.571. The predicted molar refractivity (Wildman–Crippen MR) is 66.4 cm³/mol. The first-order valence-corrected chi connectivity index (χ1v) is 6.64. The van der Waals surface area contributed by atoms with Crippen LogP contribution in [0, 0.1) is 17.6 Å². The minimum Gasteiger partial charge on any atom is -0.207 e. The maximum Gasteiger partial charge on any atom is 0.131 e. The summed E-state index contributed by atoms with van der Waals surface area (Å²) in [5, 5.41) is 0.238. The molecule has 17 heavy (non-hydrogen) atoms. The molecule has 0 bridgehead atoms. The van der Waals surface area contributed by atoms with Crippen molar-refractivity contribution >= 4 is 11.6 Å². The number of benzene rings is 1. The Bertz CT molecular complexity index is 372. The van der Waals surface area contributed by atoms with Crippen molar-refractivity contribution in [3.8, 4) is 0 Å². The van der Waals surface area contributed by atoms with Crippen LogP contribution in [0.25, 0.3) is 0 Å². The topological polar surface area (TPSA) is 0 Å². The molecule has 0 heterocycles. The molecule has 0 N–H and O–H groups in total. The van der Waals surface area contributed by atoms with E-state index in [-0.39, 0.29) is 10.9 Å². The number of rotatable bonds is 2. The lowest BCUT2D eigenvalue weighted by molar-refractivity contribution is 0.314. The van der Waals surface area contributed by atoms with Crippen LogP contribution in [0.2, 0.25) is 5.02 Å². The van der Waals surface area contributed by atoms with Crippen molar-refractivity contribution < 1.29 is 8.78 Å². The summed E-state index contributed by atoms with van der Waals surface area (Å²) in [6, 6.07) is 2.15. The van der Waals surface area contributed by atoms with Crippen LogP contribution in [-0.4, -0.2) is 0 Å². The van der Waals surface area contributed by atoms with E-state index in [0.717, 1.165) is 37.7 Å². The second kappa shape index (κ2) is 5.34. The van der Waals surface area contributed by atoms with E-state index in [9.17, 15) is 8.78 Å². The van der Waals surface area contributed by atoms with E-state index in [0.29, 0.717) is 5.56 Å². The van der Waals surface area contributed by atoms with Crippen molar-refractivity contribution in [3.05, 3.63) is 34.4 Å². The molecule has 0 atom stereocenters. The standard InChI is InChI=1S/C14H17ClF2/c1-2-9-3-5-10(6-4-9)14-12(15)7-11(16)8-13(14)17/h7-10H,2-6H2,1H3. The van der Waals surface area contributed by atoms with Gasteiger partial charge in [0.05, 0.1) is 0 Å². The lowest BCUT2D eigenvalue weighted by Gasteiger charge is -2.28. The van der Waals surface area contributed by atoms with Gasteiger partial charge >= 0.3 is 0 Å². The molecule has 0 spiro atoms. The zero-order valence-corrected chi connectivity index (χ0v) is 10.7. The average molecular weight is 259 g/mol. The van der Waals surface area contributed by atoms with Crippen LogP contribution in [0.4, 0.5) is 8.78 Å². The SMILES string of the molecule is CCC1CCC(c2c(F)cc(F)cc2Cl)CC1. The van der Waals surface area contributed by atoms with E-state index in [2.05, 4.69) is 6.92 Å². The van der Waals surface area contributed by atoms with E-state index < -0.39 is 11.6 Å². The average Bonchev–Trinajstić information content (AvgIpc) is 2.28. The molecule has 0 nitrogen and oxygen atoms in total. The van der Waals surface area contributed by atoms with Crippen molar-refractivity contribution in [2.24, 2.45) is 5.92 Å². The molecular formula is C14H17ClF2. The van der Waals surface area contributed by atoms with Crippen LogP contribution in [0.1, 0.15) is 50.5 Å². The molecule has 0 aromatic heterocycles. The third-order valence-corrected chi connectivity index (χ3v) is 4.19. The molecule has 2 rings (SSSR count). The molecule has 1 aliphatic rings. The number of halogens is 3. The van der Waals surface area contributed by atoms with Crippen LogP contribution in [0.15, 0.2) is 12.1 Å². The highest BCUT2D eigenvalue weighted by molar-refractivity contribution is 6.31. The molecule has 1 aliphatic carbocycles. The Hall–Kier alpha value is -0.630. The minimum absolute atomic E-state index is 0.158. The van der Waals surface area contributed by atoms with Crippen molar-refractivity contribution in [2.75, 3.05) is 0 Å². The first-order valence-electron chi connectivity index (χ1n) is 6.26. The molecule has 0 saturated heterocycles. The Kier molecular flexibility index (Phi) is 4.03. The largest absolute Gasteiger partial charge is 0.207 e. The van der Waals surface area contributed by atoms with E-state index in [1.54, 1.807) is 0 Å². The molecule has 94 valence electrons. The van der Waals surface area contributed by atoms with Crippen molar-refractivity contribution in [2.45, 2.75) is 44.9 Å². The highest BCUT2D eigenvalue weighted by atomic mass is 35.5. The maximum atomic E-state index is 13.8. The van der Waals surface area contributed by atoms with Gasteiger partial charge in [-0.15, -0.1) is 0 Å². The van der Waals surface area contributed by atoms with E-state index >= 15 is 0 Å². The zero-order valence-electron chi connectivity index (χ0n) is 9.98. The van der Waals surface area contributed by atoms with Crippen LogP contribution in [0.5, 0.6) is 0 Å². The highest BCUT2D eigenvalue weighted by Gasteiger charge is 2.25. The van der Waals surface area contributed by atoms with Gasteiger partial charge in [0, 0.05) is 16.7 Å². The Balaban J connectivity index is 2.18. The quantitative estimate of drug-likeness (QED) is 0.675. The summed E-state index contributed by atoms with van der Waals surface area (Å²) in [6.07, 6.45) is 5.34. The van der Waals surface area contributed by atoms with Gasteiger partial charge in [0.15, 0.2) is 0 Å². The van der Waals surface area contributed by atoms with Gasteiger partial charge in [0.1, 0.15) is 11.6 Å². The summed E-state index contributed by atoms with van der Waals surface area (Å²) < 4.78 is 26.7. The molecular weight excluding hydrogens is 242 g/mol. The van der Waals surface area contributed by atoms with Gasteiger partial charge in [-0.1, -0.05) is 24.9 Å². The normalized spacial score (nSPS) is 24.9. The van der Waals surface area contributed by atoms with Crippen LogP contribution in [0.3, 0.4) is 0 Å². The van der Waals surface area contributed by atoms with Gasteiger partial charge in [0.2, 0.25) is 0 Å². The lowest BCUT2D eigenvalue weighted by atomic mass is 9.77. The fourth-order valence-corrected chi connectivity index (χ4v) is 3.15. The third-order valence-electron chi connectivity index (χ3n) is 3.88. The van der Waals surface area contributed by atoms with Gasteiger partial charge in [-0.25, -0.2) is 8.78 Å². The second-order valence-electron chi connectivity index (χ2n) is 4.91. The van der Waals surface area contributed by atoms with E-state index in [1.165, 1.54) is 12.5 Å². The zero-order chi connectivity index (χ0) is 12.4. The van der Waals surface area contributed by atoms with Gasteiger partial charge in [-0.2, -0.15) is 0 Å². The molecule has 1 saturated carbocycles. The molecule has 1 aromatic rings.